The van der Waals surface area contributed by atoms with Crippen LogP contribution in [-0.4, -0.2) is 34.5 Å². The molecule has 4 nitrogen and oxygen atoms in total. The first kappa shape index (κ1) is 16.0. The fourth-order valence-corrected chi connectivity index (χ4v) is 3.42. The van der Waals surface area contributed by atoms with E-state index in [9.17, 15) is 14.7 Å². The Bertz CT molecular complexity index is 583. The molecule has 5 heteroatoms. The van der Waals surface area contributed by atoms with Crippen molar-refractivity contribution in [3.8, 4) is 0 Å². The van der Waals surface area contributed by atoms with E-state index < -0.39 is 17.4 Å². The predicted octanol–water partition coefficient (Wildman–Crippen LogP) is 3.47. The SMILES string of the molecule is Cc1ccc(Br)cc1C(=O)N1CCCC(C)(C)C1C(=O)O. The number of carboxylic acids is 1. The molecule has 1 N–H and O–H groups in total. The van der Waals surface area contributed by atoms with Gasteiger partial charge in [-0.05, 0) is 42.9 Å². The number of halogens is 1. The maximum atomic E-state index is 12.8. The van der Waals surface area contributed by atoms with Crippen molar-refractivity contribution in [2.24, 2.45) is 5.41 Å². The van der Waals surface area contributed by atoms with Gasteiger partial charge >= 0.3 is 5.97 Å². The minimum Gasteiger partial charge on any atom is -0.480 e. The van der Waals surface area contributed by atoms with E-state index in [1.807, 2.05) is 32.9 Å². The highest BCUT2D eigenvalue weighted by atomic mass is 79.9. The van der Waals surface area contributed by atoms with E-state index in [2.05, 4.69) is 15.9 Å². The lowest BCUT2D eigenvalue weighted by molar-refractivity contribution is -0.148. The average molecular weight is 354 g/mol. The summed E-state index contributed by atoms with van der Waals surface area (Å²) in [6.07, 6.45) is 1.64. The Hall–Kier alpha value is -1.36. The summed E-state index contributed by atoms with van der Waals surface area (Å²) >= 11 is 3.37. The third-order valence-corrected chi connectivity index (χ3v) is 4.69. The number of amides is 1. The minimum atomic E-state index is -0.930. The second-order valence-corrected chi connectivity index (χ2v) is 7.21. The first-order valence-electron chi connectivity index (χ1n) is 7.04. The minimum absolute atomic E-state index is 0.200. The van der Waals surface area contributed by atoms with Gasteiger partial charge in [-0.3, -0.25) is 4.79 Å². The number of carboxylic acid groups (broad SMARTS) is 1. The zero-order chi connectivity index (χ0) is 15.8. The zero-order valence-electron chi connectivity index (χ0n) is 12.5. The van der Waals surface area contributed by atoms with Gasteiger partial charge in [-0.25, -0.2) is 4.79 Å². The summed E-state index contributed by atoms with van der Waals surface area (Å²) in [7, 11) is 0. The van der Waals surface area contributed by atoms with Crippen LogP contribution in [0.15, 0.2) is 22.7 Å². The lowest BCUT2D eigenvalue weighted by Crippen LogP contribution is -2.56. The summed E-state index contributed by atoms with van der Waals surface area (Å²) in [5.41, 5.74) is 1.00. The second kappa shape index (κ2) is 5.79. The van der Waals surface area contributed by atoms with Crippen LogP contribution in [0.5, 0.6) is 0 Å². The number of carbonyl (C=O) groups is 2. The normalized spacial score (nSPS) is 21.1. The Balaban J connectivity index is 2.41. The summed E-state index contributed by atoms with van der Waals surface area (Å²) in [4.78, 5) is 26.0. The number of carbonyl (C=O) groups excluding carboxylic acids is 1. The van der Waals surface area contributed by atoms with Gasteiger partial charge in [0, 0.05) is 16.6 Å². The van der Waals surface area contributed by atoms with Crippen LogP contribution in [0, 0.1) is 12.3 Å². The highest BCUT2D eigenvalue weighted by Crippen LogP contribution is 2.36. The Morgan fingerprint density at radius 3 is 2.67 bits per heavy atom. The Morgan fingerprint density at radius 1 is 1.38 bits per heavy atom. The van der Waals surface area contributed by atoms with Crippen LogP contribution in [0.3, 0.4) is 0 Å². The third kappa shape index (κ3) is 3.12. The fraction of sp³-hybridized carbons (Fsp3) is 0.500. The lowest BCUT2D eigenvalue weighted by Gasteiger charge is -2.44. The summed E-state index contributed by atoms with van der Waals surface area (Å²) < 4.78 is 0.819. The zero-order valence-corrected chi connectivity index (χ0v) is 14.1. The van der Waals surface area contributed by atoms with Crippen molar-refractivity contribution in [2.45, 2.75) is 39.7 Å². The molecule has 21 heavy (non-hydrogen) atoms. The molecule has 1 aromatic carbocycles. The second-order valence-electron chi connectivity index (χ2n) is 6.29. The van der Waals surface area contributed by atoms with Crippen LogP contribution in [0.2, 0.25) is 0 Å². The fourth-order valence-electron chi connectivity index (χ4n) is 3.06. The molecule has 1 amide bonds. The number of hydrogen-bond donors (Lipinski definition) is 1. The van der Waals surface area contributed by atoms with Gasteiger partial charge in [0.15, 0.2) is 0 Å². The van der Waals surface area contributed by atoms with Crippen molar-refractivity contribution in [3.05, 3.63) is 33.8 Å². The van der Waals surface area contributed by atoms with E-state index in [0.717, 1.165) is 22.9 Å². The standard InChI is InChI=1S/C16H20BrNO3/c1-10-5-6-11(17)9-12(10)14(19)18-8-4-7-16(2,3)13(18)15(20)21/h5-6,9,13H,4,7-8H2,1-3H3,(H,20,21). The maximum absolute atomic E-state index is 12.8. The number of rotatable bonds is 2. The summed E-state index contributed by atoms with van der Waals surface area (Å²) in [6, 6.07) is 4.72. The van der Waals surface area contributed by atoms with Crippen molar-refractivity contribution in [2.75, 3.05) is 6.54 Å². The quantitative estimate of drug-likeness (QED) is 0.885. The van der Waals surface area contributed by atoms with E-state index in [1.165, 1.54) is 4.90 Å². The molecule has 1 unspecified atom stereocenters. The number of benzene rings is 1. The predicted molar refractivity (Wildman–Crippen MR) is 84.4 cm³/mol. The molecule has 2 rings (SSSR count). The number of nitrogens with zero attached hydrogens (tertiary/aromatic N) is 1. The average Bonchev–Trinajstić information content (AvgIpc) is 2.38. The van der Waals surface area contributed by atoms with E-state index in [4.69, 9.17) is 0 Å². The van der Waals surface area contributed by atoms with E-state index >= 15 is 0 Å². The van der Waals surface area contributed by atoms with Gasteiger partial charge in [0.25, 0.3) is 5.91 Å². The van der Waals surface area contributed by atoms with Gasteiger partial charge in [-0.1, -0.05) is 35.8 Å². The monoisotopic (exact) mass is 353 g/mol. The van der Waals surface area contributed by atoms with Crippen molar-refractivity contribution in [1.82, 2.24) is 4.90 Å². The van der Waals surface area contributed by atoms with Crippen molar-refractivity contribution < 1.29 is 14.7 Å². The highest BCUT2D eigenvalue weighted by Gasteiger charge is 2.44. The van der Waals surface area contributed by atoms with Crippen LogP contribution in [0.4, 0.5) is 0 Å². The number of hydrogen-bond acceptors (Lipinski definition) is 2. The molecule has 1 fully saturated rings. The van der Waals surface area contributed by atoms with E-state index in [-0.39, 0.29) is 5.91 Å². The van der Waals surface area contributed by atoms with Crippen LogP contribution in [-0.2, 0) is 4.79 Å². The van der Waals surface area contributed by atoms with E-state index in [0.29, 0.717) is 12.1 Å². The molecule has 1 heterocycles. The van der Waals surface area contributed by atoms with Crippen LogP contribution < -0.4 is 0 Å². The molecule has 0 radical (unpaired) electrons. The Labute approximate surface area is 133 Å². The Morgan fingerprint density at radius 2 is 2.05 bits per heavy atom. The van der Waals surface area contributed by atoms with Crippen molar-refractivity contribution in [1.29, 1.82) is 0 Å². The largest absolute Gasteiger partial charge is 0.480 e. The smallest absolute Gasteiger partial charge is 0.326 e. The van der Waals surface area contributed by atoms with Gasteiger partial charge in [0.2, 0.25) is 0 Å². The first-order chi connectivity index (χ1) is 9.74. The molecule has 0 bridgehead atoms. The number of aryl methyl sites for hydroxylation is 1. The summed E-state index contributed by atoms with van der Waals surface area (Å²) in [6.45, 7) is 6.19. The van der Waals surface area contributed by atoms with Gasteiger partial charge in [-0.15, -0.1) is 0 Å². The molecule has 1 aromatic rings. The van der Waals surface area contributed by atoms with Gasteiger partial charge in [-0.2, -0.15) is 0 Å². The van der Waals surface area contributed by atoms with Gasteiger partial charge in [0.05, 0.1) is 0 Å². The molecular weight excluding hydrogens is 334 g/mol. The van der Waals surface area contributed by atoms with Crippen LogP contribution >= 0.6 is 15.9 Å². The van der Waals surface area contributed by atoms with Crippen molar-refractivity contribution >= 4 is 27.8 Å². The number of aliphatic carboxylic acids is 1. The molecule has 1 aliphatic rings. The first-order valence-corrected chi connectivity index (χ1v) is 7.83. The number of piperidine rings is 1. The lowest BCUT2D eigenvalue weighted by atomic mass is 9.76. The molecule has 0 saturated carbocycles. The maximum Gasteiger partial charge on any atom is 0.326 e. The van der Waals surface area contributed by atoms with E-state index in [1.54, 1.807) is 6.07 Å². The molecule has 1 atom stereocenters. The van der Waals surface area contributed by atoms with Gasteiger partial charge in [0.1, 0.15) is 6.04 Å². The molecular formula is C16H20BrNO3. The molecule has 1 saturated heterocycles. The highest BCUT2D eigenvalue weighted by molar-refractivity contribution is 9.10. The molecule has 0 aromatic heterocycles. The van der Waals surface area contributed by atoms with Crippen LogP contribution in [0.25, 0.3) is 0 Å². The third-order valence-electron chi connectivity index (χ3n) is 4.20. The van der Waals surface area contributed by atoms with Gasteiger partial charge < -0.3 is 10.0 Å². The van der Waals surface area contributed by atoms with Crippen molar-refractivity contribution in [3.63, 3.8) is 0 Å². The number of likely N-dealkylation sites (tertiary alicyclic amines) is 1. The molecule has 1 aliphatic heterocycles. The van der Waals surface area contributed by atoms with Crippen LogP contribution in [0.1, 0.15) is 42.6 Å². The molecule has 114 valence electrons. The summed E-state index contributed by atoms with van der Waals surface area (Å²) in [5, 5.41) is 9.56. The Kier molecular flexibility index (Phi) is 4.42. The topological polar surface area (TPSA) is 57.6 Å². The summed E-state index contributed by atoms with van der Waals surface area (Å²) in [5.74, 6) is -1.13. The molecule has 0 aliphatic carbocycles. The molecule has 0 spiro atoms.